The summed E-state index contributed by atoms with van der Waals surface area (Å²) in [6.45, 7) is 5.50. The number of anilines is 1. The van der Waals surface area contributed by atoms with Gasteiger partial charge in [-0.1, -0.05) is 35.3 Å². The summed E-state index contributed by atoms with van der Waals surface area (Å²) < 4.78 is 2.98. The molecule has 0 aliphatic heterocycles. The van der Waals surface area contributed by atoms with Crippen molar-refractivity contribution in [2.75, 3.05) is 5.32 Å². The molecule has 11 heteroatoms. The third-order valence-electron chi connectivity index (χ3n) is 4.45. The van der Waals surface area contributed by atoms with Gasteiger partial charge in [0.05, 0.1) is 34.4 Å². The third-order valence-corrected chi connectivity index (χ3v) is 5.13. The average molecular weight is 437 g/mol. The maximum atomic E-state index is 12.5. The monoisotopic (exact) mass is 436 g/mol. The molecule has 0 spiro atoms. The van der Waals surface area contributed by atoms with Crippen molar-refractivity contribution in [2.45, 2.75) is 33.9 Å². The molecule has 1 N–H and O–H groups in total. The quantitative estimate of drug-likeness (QED) is 0.465. The number of halogens is 2. The molecule has 0 saturated carbocycles. The second-order valence-corrected chi connectivity index (χ2v) is 7.33. The Kier molecular flexibility index (Phi) is 5.90. The summed E-state index contributed by atoms with van der Waals surface area (Å²) >= 11 is 11.9. The van der Waals surface area contributed by atoms with E-state index in [4.69, 9.17) is 23.2 Å². The number of nitrogens with one attached hydrogen (secondary N) is 1. The van der Waals surface area contributed by atoms with E-state index in [9.17, 15) is 14.9 Å². The topological polar surface area (TPSA) is 108 Å². The van der Waals surface area contributed by atoms with Crippen LogP contribution in [0.4, 0.5) is 11.5 Å². The number of hydrogen-bond acceptors (Lipinski definition) is 5. The molecule has 1 aromatic carbocycles. The smallest absolute Gasteiger partial charge is 0.358 e. The molecule has 0 aliphatic carbocycles. The molecule has 0 unspecified atom stereocenters. The number of hydrogen-bond donors (Lipinski definition) is 1. The predicted octanol–water partition coefficient (Wildman–Crippen LogP) is 3.91. The lowest BCUT2D eigenvalue weighted by Crippen LogP contribution is -2.21. The van der Waals surface area contributed by atoms with Gasteiger partial charge in [0.15, 0.2) is 5.02 Å². The number of amides is 1. The minimum absolute atomic E-state index is 0.0792. The van der Waals surface area contributed by atoms with Crippen LogP contribution in [0.1, 0.15) is 22.6 Å². The minimum atomic E-state index is -0.683. The summed E-state index contributed by atoms with van der Waals surface area (Å²) in [6.07, 6.45) is 0. The van der Waals surface area contributed by atoms with Crippen molar-refractivity contribution in [1.82, 2.24) is 19.6 Å². The van der Waals surface area contributed by atoms with Gasteiger partial charge in [-0.3, -0.25) is 9.48 Å². The van der Waals surface area contributed by atoms with Crippen LogP contribution >= 0.6 is 23.2 Å². The van der Waals surface area contributed by atoms with E-state index < -0.39 is 16.6 Å². The van der Waals surface area contributed by atoms with Crippen LogP contribution in [0.2, 0.25) is 10.0 Å². The first-order valence-corrected chi connectivity index (χ1v) is 9.38. The van der Waals surface area contributed by atoms with E-state index in [1.807, 2.05) is 25.1 Å². The zero-order valence-corrected chi connectivity index (χ0v) is 17.5. The van der Waals surface area contributed by atoms with E-state index in [2.05, 4.69) is 15.5 Å². The van der Waals surface area contributed by atoms with Crippen LogP contribution in [-0.4, -0.2) is 30.4 Å². The Morgan fingerprint density at radius 1 is 1.17 bits per heavy atom. The molecule has 3 rings (SSSR count). The van der Waals surface area contributed by atoms with Crippen molar-refractivity contribution < 1.29 is 9.72 Å². The first-order valence-electron chi connectivity index (χ1n) is 8.63. The molecular weight excluding hydrogens is 419 g/mol. The Morgan fingerprint density at radius 2 is 1.90 bits per heavy atom. The molecule has 2 aromatic heterocycles. The van der Waals surface area contributed by atoms with Gasteiger partial charge in [0, 0.05) is 5.02 Å². The maximum absolute atomic E-state index is 12.5. The minimum Gasteiger partial charge on any atom is -0.358 e. The van der Waals surface area contributed by atoms with Crippen molar-refractivity contribution >= 4 is 40.6 Å². The summed E-state index contributed by atoms with van der Waals surface area (Å²) in [4.78, 5) is 22.8. The largest absolute Gasteiger partial charge is 0.408 e. The fraction of sp³-hybridized carbons (Fsp3) is 0.278. The van der Waals surface area contributed by atoms with Crippen LogP contribution in [0.25, 0.3) is 0 Å². The Bertz CT molecular complexity index is 1110. The molecule has 2 heterocycles. The fourth-order valence-corrected chi connectivity index (χ4v) is 3.35. The lowest BCUT2D eigenvalue weighted by molar-refractivity contribution is -0.389. The van der Waals surface area contributed by atoms with Crippen molar-refractivity contribution in [3.63, 3.8) is 0 Å². The van der Waals surface area contributed by atoms with Gasteiger partial charge in [0.2, 0.25) is 5.91 Å². The van der Waals surface area contributed by atoms with Crippen LogP contribution < -0.4 is 5.32 Å². The van der Waals surface area contributed by atoms with Gasteiger partial charge in [-0.15, -0.1) is 0 Å². The molecule has 9 nitrogen and oxygen atoms in total. The molecule has 0 fully saturated rings. The molecule has 0 saturated heterocycles. The molecular formula is C18H18Cl2N6O3. The van der Waals surface area contributed by atoms with Gasteiger partial charge in [0.25, 0.3) is 0 Å². The lowest BCUT2D eigenvalue weighted by Gasteiger charge is -2.07. The highest BCUT2D eigenvalue weighted by Crippen LogP contribution is 2.26. The van der Waals surface area contributed by atoms with E-state index in [1.165, 1.54) is 4.68 Å². The fourth-order valence-electron chi connectivity index (χ4n) is 2.93. The lowest BCUT2D eigenvalue weighted by atomic mass is 10.2. The molecule has 0 atom stereocenters. The van der Waals surface area contributed by atoms with Crippen molar-refractivity contribution in [3.8, 4) is 0 Å². The summed E-state index contributed by atoms with van der Waals surface area (Å²) in [5.74, 6) is -0.866. The average Bonchev–Trinajstić information content (AvgIpc) is 3.07. The van der Waals surface area contributed by atoms with Gasteiger partial charge in [-0.05, 0) is 43.4 Å². The van der Waals surface area contributed by atoms with Gasteiger partial charge in [-0.2, -0.15) is 9.78 Å². The predicted molar refractivity (Wildman–Crippen MR) is 110 cm³/mol. The van der Waals surface area contributed by atoms with E-state index >= 15 is 0 Å². The number of benzene rings is 1. The number of nitro groups is 1. The molecule has 152 valence electrons. The number of nitrogens with zero attached hydrogens (tertiary/aromatic N) is 5. The van der Waals surface area contributed by atoms with Crippen LogP contribution in [0.3, 0.4) is 0 Å². The highest BCUT2D eigenvalue weighted by molar-refractivity contribution is 6.33. The Labute approximate surface area is 176 Å². The normalized spacial score (nSPS) is 10.9. The molecule has 0 radical (unpaired) electrons. The summed E-state index contributed by atoms with van der Waals surface area (Å²) in [5, 5.41) is 22.6. The van der Waals surface area contributed by atoms with Crippen LogP contribution in [-0.2, 0) is 17.9 Å². The summed E-state index contributed by atoms with van der Waals surface area (Å²) in [5.41, 5.74) is 3.34. The molecule has 0 aliphatic rings. The maximum Gasteiger partial charge on any atom is 0.408 e. The summed E-state index contributed by atoms with van der Waals surface area (Å²) in [7, 11) is 0. The number of rotatable bonds is 6. The molecule has 0 bridgehead atoms. The first-order chi connectivity index (χ1) is 13.7. The van der Waals surface area contributed by atoms with Gasteiger partial charge >= 0.3 is 5.82 Å². The number of aryl methyl sites for hydroxylation is 1. The zero-order chi connectivity index (χ0) is 21.3. The van der Waals surface area contributed by atoms with E-state index in [0.717, 1.165) is 11.3 Å². The highest BCUT2D eigenvalue weighted by Gasteiger charge is 2.25. The van der Waals surface area contributed by atoms with Crippen molar-refractivity contribution in [1.29, 1.82) is 0 Å². The number of carbonyl (C=O) groups is 1. The standard InChI is InChI=1S/C18H18Cl2N6O3/c1-10-17(12(3)24(22-10)8-13-5-4-6-14(19)7-13)21-15(27)9-25-11(2)16(20)18(23-25)26(28)29/h4-7H,8-9H2,1-3H3,(H,21,27). The zero-order valence-electron chi connectivity index (χ0n) is 15.9. The molecule has 3 aromatic rings. The number of carbonyl (C=O) groups excluding carboxylic acids is 1. The van der Waals surface area contributed by atoms with E-state index in [1.54, 1.807) is 24.6 Å². The second-order valence-electron chi connectivity index (χ2n) is 6.52. The Hall–Kier alpha value is -2.91. The van der Waals surface area contributed by atoms with Crippen molar-refractivity contribution in [3.05, 3.63) is 67.1 Å². The van der Waals surface area contributed by atoms with Gasteiger partial charge in [-0.25, -0.2) is 0 Å². The molecule has 29 heavy (non-hydrogen) atoms. The first kappa shape index (κ1) is 20.8. The van der Waals surface area contributed by atoms with E-state index in [-0.39, 0.29) is 11.6 Å². The van der Waals surface area contributed by atoms with Crippen LogP contribution in [0, 0.1) is 30.9 Å². The Balaban J connectivity index is 1.77. The molecule has 1 amide bonds. The van der Waals surface area contributed by atoms with Crippen molar-refractivity contribution in [2.24, 2.45) is 0 Å². The van der Waals surface area contributed by atoms with Crippen LogP contribution in [0.15, 0.2) is 24.3 Å². The second kappa shape index (κ2) is 8.22. The van der Waals surface area contributed by atoms with E-state index in [0.29, 0.717) is 28.6 Å². The highest BCUT2D eigenvalue weighted by atomic mass is 35.5. The summed E-state index contributed by atoms with van der Waals surface area (Å²) in [6, 6.07) is 7.46. The van der Waals surface area contributed by atoms with Gasteiger partial charge in [0.1, 0.15) is 6.54 Å². The third kappa shape index (κ3) is 4.41. The van der Waals surface area contributed by atoms with Gasteiger partial charge < -0.3 is 15.4 Å². The SMILES string of the molecule is Cc1nn(Cc2cccc(Cl)c2)c(C)c1NC(=O)Cn1nc([N+](=O)[O-])c(Cl)c1C. The number of aromatic nitrogens is 4. The van der Waals surface area contributed by atoms with Crippen LogP contribution in [0.5, 0.6) is 0 Å². The Morgan fingerprint density at radius 3 is 2.52 bits per heavy atom.